The molecule has 4 aromatic rings. The monoisotopic (exact) mass is 607 g/mol. The minimum atomic E-state index is -0.526. The topological polar surface area (TPSA) is 100 Å². The van der Waals surface area contributed by atoms with E-state index in [-0.39, 0.29) is 30.4 Å². The molecule has 234 valence electrons. The van der Waals surface area contributed by atoms with E-state index in [0.29, 0.717) is 26.0 Å². The SMILES string of the molecule is COC(=O)CNC(=O)C1C(Cc2ccc(OCc3ccccc3)cc2)NC(Cc2cccc(O)c2)N1CCCc1ccccc1. The number of phenols is 1. The lowest BCUT2D eigenvalue weighted by atomic mass is 9.99. The standard InChI is InChI=1S/C37H41N3O5/c1-44-35(42)25-38-37(43)36-33(23-28-17-19-32(20-18-28)45-26-29-12-6-3-7-13-29)39-34(24-30-14-8-16-31(41)22-30)40(36)21-9-15-27-10-4-2-5-11-27/h2-8,10-14,16-20,22,33-34,36,39,41H,9,15,21,23-26H2,1H3,(H,38,43). The van der Waals surface area contributed by atoms with E-state index in [0.717, 1.165) is 35.3 Å². The number of methoxy groups -OCH3 is 1. The van der Waals surface area contributed by atoms with Crippen LogP contribution in [-0.2, 0) is 40.2 Å². The Balaban J connectivity index is 1.34. The molecule has 0 radical (unpaired) electrons. The number of phenolic OH excluding ortho intramolecular Hbond substituents is 1. The molecule has 3 N–H and O–H groups in total. The second-order valence-corrected chi connectivity index (χ2v) is 11.4. The van der Waals surface area contributed by atoms with Gasteiger partial charge >= 0.3 is 5.97 Å². The Labute approximate surface area is 265 Å². The Morgan fingerprint density at radius 3 is 2.20 bits per heavy atom. The lowest BCUT2D eigenvalue weighted by Crippen LogP contribution is -2.51. The van der Waals surface area contributed by atoms with Crippen LogP contribution in [0.15, 0.2) is 109 Å². The molecule has 0 aliphatic carbocycles. The maximum Gasteiger partial charge on any atom is 0.325 e. The molecule has 1 saturated heterocycles. The van der Waals surface area contributed by atoms with Crippen LogP contribution in [0, 0.1) is 0 Å². The van der Waals surface area contributed by atoms with Gasteiger partial charge in [-0.1, -0.05) is 84.9 Å². The van der Waals surface area contributed by atoms with Crippen molar-refractivity contribution in [1.29, 1.82) is 0 Å². The average molecular weight is 608 g/mol. The maximum absolute atomic E-state index is 13.8. The van der Waals surface area contributed by atoms with Crippen LogP contribution in [0.4, 0.5) is 0 Å². The van der Waals surface area contributed by atoms with Gasteiger partial charge in [-0.15, -0.1) is 0 Å². The van der Waals surface area contributed by atoms with E-state index in [1.54, 1.807) is 12.1 Å². The zero-order valence-corrected chi connectivity index (χ0v) is 25.6. The summed E-state index contributed by atoms with van der Waals surface area (Å²) in [7, 11) is 1.31. The third kappa shape index (κ3) is 9.17. The van der Waals surface area contributed by atoms with Gasteiger partial charge in [-0.2, -0.15) is 0 Å². The van der Waals surface area contributed by atoms with Gasteiger partial charge in [0.15, 0.2) is 0 Å². The summed E-state index contributed by atoms with van der Waals surface area (Å²) >= 11 is 0. The van der Waals surface area contributed by atoms with Crippen molar-refractivity contribution < 1.29 is 24.2 Å². The number of nitrogens with one attached hydrogen (secondary N) is 2. The fraction of sp³-hybridized carbons (Fsp3) is 0.297. The molecule has 1 heterocycles. The zero-order chi connectivity index (χ0) is 31.4. The van der Waals surface area contributed by atoms with Crippen molar-refractivity contribution in [2.24, 2.45) is 0 Å². The number of aromatic hydroxyl groups is 1. The number of carbonyl (C=O) groups excluding carboxylic acids is 2. The fourth-order valence-corrected chi connectivity index (χ4v) is 5.90. The average Bonchev–Trinajstić information content (AvgIpc) is 3.39. The first-order valence-electron chi connectivity index (χ1n) is 15.4. The summed E-state index contributed by atoms with van der Waals surface area (Å²) in [5, 5.41) is 16.7. The van der Waals surface area contributed by atoms with Gasteiger partial charge in [0.05, 0.1) is 13.3 Å². The van der Waals surface area contributed by atoms with Gasteiger partial charge in [0.25, 0.3) is 0 Å². The first-order valence-corrected chi connectivity index (χ1v) is 15.4. The number of hydrogen-bond donors (Lipinski definition) is 3. The number of carbonyl (C=O) groups is 2. The molecule has 1 aliphatic heterocycles. The van der Waals surface area contributed by atoms with Crippen molar-refractivity contribution in [3.8, 4) is 11.5 Å². The molecule has 4 aromatic carbocycles. The quantitative estimate of drug-likeness (QED) is 0.180. The summed E-state index contributed by atoms with van der Waals surface area (Å²) < 4.78 is 10.8. The predicted octanol–water partition coefficient (Wildman–Crippen LogP) is 4.65. The Kier molecular flexibility index (Phi) is 11.2. The molecule has 1 amide bonds. The molecular formula is C37H41N3O5. The van der Waals surface area contributed by atoms with Crippen LogP contribution < -0.4 is 15.4 Å². The van der Waals surface area contributed by atoms with E-state index in [9.17, 15) is 14.7 Å². The highest BCUT2D eigenvalue weighted by Crippen LogP contribution is 2.26. The molecule has 45 heavy (non-hydrogen) atoms. The van der Waals surface area contributed by atoms with E-state index >= 15 is 0 Å². The Hall–Kier alpha value is -4.66. The third-order valence-corrected chi connectivity index (χ3v) is 8.14. The van der Waals surface area contributed by atoms with E-state index in [2.05, 4.69) is 27.7 Å². The number of nitrogens with zero attached hydrogens (tertiary/aromatic N) is 1. The summed E-state index contributed by atoms with van der Waals surface area (Å²) in [4.78, 5) is 27.9. The molecule has 0 spiro atoms. The van der Waals surface area contributed by atoms with Crippen molar-refractivity contribution in [3.63, 3.8) is 0 Å². The summed E-state index contributed by atoms with van der Waals surface area (Å²) in [6.45, 7) is 0.965. The van der Waals surface area contributed by atoms with Crippen molar-refractivity contribution in [2.75, 3.05) is 20.2 Å². The molecule has 1 aliphatic rings. The Morgan fingerprint density at radius 1 is 0.822 bits per heavy atom. The molecule has 8 heteroatoms. The number of hydrogen-bond acceptors (Lipinski definition) is 7. The van der Waals surface area contributed by atoms with Gasteiger partial charge in [0, 0.05) is 19.0 Å². The van der Waals surface area contributed by atoms with Crippen LogP contribution >= 0.6 is 0 Å². The van der Waals surface area contributed by atoms with Crippen molar-refractivity contribution in [1.82, 2.24) is 15.5 Å². The minimum absolute atomic E-state index is 0.157. The smallest absolute Gasteiger partial charge is 0.325 e. The highest BCUT2D eigenvalue weighted by atomic mass is 16.5. The van der Waals surface area contributed by atoms with Gasteiger partial charge in [-0.25, -0.2) is 0 Å². The summed E-state index contributed by atoms with van der Waals surface area (Å²) in [6, 6.07) is 34.8. The number of rotatable bonds is 14. The molecule has 0 saturated carbocycles. The Morgan fingerprint density at radius 2 is 1.51 bits per heavy atom. The Bertz CT molecular complexity index is 1510. The first kappa shape index (κ1) is 31.8. The molecule has 3 atom stereocenters. The van der Waals surface area contributed by atoms with Gasteiger partial charge in [-0.05, 0) is 65.8 Å². The highest BCUT2D eigenvalue weighted by Gasteiger charge is 2.44. The third-order valence-electron chi connectivity index (χ3n) is 8.14. The number of aryl methyl sites for hydroxylation is 1. The highest BCUT2D eigenvalue weighted by molar-refractivity contribution is 5.86. The predicted molar refractivity (Wildman–Crippen MR) is 174 cm³/mol. The first-order chi connectivity index (χ1) is 22.0. The molecule has 3 unspecified atom stereocenters. The van der Waals surface area contributed by atoms with Gasteiger partial charge in [0.1, 0.15) is 30.7 Å². The second-order valence-electron chi connectivity index (χ2n) is 11.4. The molecule has 8 nitrogen and oxygen atoms in total. The number of amides is 1. The van der Waals surface area contributed by atoms with E-state index in [1.807, 2.05) is 84.9 Å². The lowest BCUT2D eigenvalue weighted by Gasteiger charge is -2.29. The van der Waals surface area contributed by atoms with E-state index < -0.39 is 12.0 Å². The maximum atomic E-state index is 13.8. The fourth-order valence-electron chi connectivity index (χ4n) is 5.90. The molecular weight excluding hydrogens is 566 g/mol. The van der Waals surface area contributed by atoms with E-state index in [4.69, 9.17) is 9.47 Å². The second kappa shape index (κ2) is 15.9. The number of esters is 1. The van der Waals surface area contributed by atoms with Crippen LogP contribution in [0.1, 0.15) is 28.7 Å². The molecule has 1 fully saturated rings. The van der Waals surface area contributed by atoms with Crippen LogP contribution in [0.2, 0.25) is 0 Å². The molecule has 0 bridgehead atoms. The van der Waals surface area contributed by atoms with Gasteiger partial charge in [0.2, 0.25) is 5.91 Å². The van der Waals surface area contributed by atoms with Crippen LogP contribution in [-0.4, -0.2) is 60.3 Å². The lowest BCUT2D eigenvalue weighted by molar-refractivity contribution is -0.141. The van der Waals surface area contributed by atoms with Gasteiger partial charge in [-0.3, -0.25) is 19.8 Å². The largest absolute Gasteiger partial charge is 0.508 e. The summed E-state index contributed by atoms with van der Waals surface area (Å²) in [5.74, 6) is 0.265. The minimum Gasteiger partial charge on any atom is -0.508 e. The van der Waals surface area contributed by atoms with Crippen molar-refractivity contribution >= 4 is 11.9 Å². The van der Waals surface area contributed by atoms with Crippen LogP contribution in [0.5, 0.6) is 11.5 Å². The van der Waals surface area contributed by atoms with Gasteiger partial charge < -0.3 is 19.9 Å². The van der Waals surface area contributed by atoms with E-state index in [1.165, 1.54) is 12.7 Å². The summed E-state index contributed by atoms with van der Waals surface area (Å²) in [6.07, 6.45) is 2.77. The molecule has 5 rings (SSSR count). The number of ether oxygens (including phenoxy) is 2. The zero-order valence-electron chi connectivity index (χ0n) is 25.6. The number of benzene rings is 4. The van der Waals surface area contributed by atoms with Crippen LogP contribution in [0.3, 0.4) is 0 Å². The van der Waals surface area contributed by atoms with Crippen molar-refractivity contribution in [3.05, 3.63) is 131 Å². The summed E-state index contributed by atoms with van der Waals surface area (Å²) in [5.41, 5.74) is 4.37. The molecule has 0 aromatic heterocycles. The van der Waals surface area contributed by atoms with Crippen LogP contribution in [0.25, 0.3) is 0 Å². The van der Waals surface area contributed by atoms with Crippen molar-refractivity contribution in [2.45, 2.75) is 50.5 Å². The normalized spacial score (nSPS) is 17.9.